The molecule has 0 aromatic rings. The molecular formula is C48H82O18. The van der Waals surface area contributed by atoms with Gasteiger partial charge in [-0.3, -0.25) is 0 Å². The van der Waals surface area contributed by atoms with E-state index in [0.717, 1.165) is 25.7 Å². The van der Waals surface area contributed by atoms with Gasteiger partial charge in [0.2, 0.25) is 11.9 Å². The van der Waals surface area contributed by atoms with Crippen LogP contribution in [0.15, 0.2) is 0 Å². The SMILES string of the molecule is CO[C@H]1CC[C@H](O[C@H]2[C@H](C)[C@@H]([C@H]3CC[C@H]([C@@H]4CC[C@H]([C@@]5(C)O[C@]6(O[C@H](C[C@@H]7O[C@](O)([C@@H](O)C(=O)O)[C@@H](C)[C@H](OC)[C@@]7(C)OC)C[C@@H](OC)[C@H]6C)[C@H](C)[C@H]5OC)O4)O3)O[C@](C)(O)[C@@H]2C)O[C@@H]1C. The molecule has 18 nitrogen and oxygen atoms in total. The number of methoxy groups -OCH3 is 5. The first-order valence-corrected chi connectivity index (χ1v) is 24.4. The number of carbonyl (C=O) groups is 1. The molecule has 7 fully saturated rings. The van der Waals surface area contributed by atoms with Crippen molar-refractivity contribution in [2.45, 2.75) is 234 Å². The van der Waals surface area contributed by atoms with Crippen molar-refractivity contribution in [3.05, 3.63) is 0 Å². The first kappa shape index (κ1) is 52.6. The molecule has 0 amide bonds. The van der Waals surface area contributed by atoms with Gasteiger partial charge in [-0.2, -0.15) is 0 Å². The second-order valence-electron chi connectivity index (χ2n) is 21.2. The van der Waals surface area contributed by atoms with E-state index < -0.39 is 83.4 Å². The van der Waals surface area contributed by atoms with Gasteiger partial charge in [-0.25, -0.2) is 4.79 Å². The molecule has 7 saturated heterocycles. The molecule has 7 heterocycles. The molecule has 25 atom stereocenters. The Morgan fingerprint density at radius 2 is 1.33 bits per heavy atom. The van der Waals surface area contributed by atoms with Gasteiger partial charge < -0.3 is 82.0 Å². The van der Waals surface area contributed by atoms with Crippen LogP contribution in [0.5, 0.6) is 0 Å². The fourth-order valence-corrected chi connectivity index (χ4v) is 13.3. The number of hydrogen-bond acceptors (Lipinski definition) is 17. The van der Waals surface area contributed by atoms with Crippen LogP contribution < -0.4 is 0 Å². The monoisotopic (exact) mass is 947 g/mol. The van der Waals surface area contributed by atoms with Crippen LogP contribution in [0.3, 0.4) is 0 Å². The van der Waals surface area contributed by atoms with E-state index >= 15 is 0 Å². The summed E-state index contributed by atoms with van der Waals surface area (Å²) in [6.07, 6.45) is -2.92. The molecule has 0 radical (unpaired) electrons. The first-order chi connectivity index (χ1) is 31.0. The lowest BCUT2D eigenvalue weighted by atomic mass is 9.73. The Morgan fingerprint density at radius 1 is 0.697 bits per heavy atom. The molecule has 4 N–H and O–H groups in total. The third-order valence-electron chi connectivity index (χ3n) is 17.6. The zero-order valence-electron chi connectivity index (χ0n) is 41.7. The summed E-state index contributed by atoms with van der Waals surface area (Å²) in [6, 6.07) is 0. The number of carboxylic acids is 1. The molecule has 0 saturated carbocycles. The molecule has 1 spiro atoms. The lowest BCUT2D eigenvalue weighted by molar-refractivity contribution is -0.389. The third kappa shape index (κ3) is 8.95. The molecule has 0 unspecified atom stereocenters. The van der Waals surface area contributed by atoms with Crippen LogP contribution in [0.2, 0.25) is 0 Å². The number of aliphatic hydroxyl groups excluding tert-OH is 1. The van der Waals surface area contributed by atoms with Gasteiger partial charge in [-0.15, -0.1) is 0 Å². The van der Waals surface area contributed by atoms with Crippen molar-refractivity contribution in [2.75, 3.05) is 35.5 Å². The topological polar surface area (TPSA) is 218 Å². The van der Waals surface area contributed by atoms with Crippen molar-refractivity contribution in [2.24, 2.45) is 29.6 Å². The standard InChI is InChI=1S/C48H82O18/c1-23-38(62-37-20-18-30(54-10)28(6)59-37)25(3)46(9,52)65-39(23)33-16-15-31(60-33)32-17-19-35(61-32)45(8)42(57-13)27(5)48(66-45)24(2)34(55-11)21-29(63-48)22-36-44(7,58-14)41(56-12)26(4)47(53,64-36)40(49)43(50)51/h23-42,49,52-53H,15-22H2,1-14H3,(H,50,51)/t23-,24+,25+,26-,27+,28+,29-,30-,31+,32-,33+,34+,35+,36-,37-,38-,39-,40-,41-,42+,44-,45+,46-,47-,48-/m0/s1. The highest BCUT2D eigenvalue weighted by Gasteiger charge is 2.70. The van der Waals surface area contributed by atoms with Crippen LogP contribution in [0.25, 0.3) is 0 Å². The number of aliphatic carboxylic acids is 1. The van der Waals surface area contributed by atoms with Crippen molar-refractivity contribution in [3.63, 3.8) is 0 Å². The summed E-state index contributed by atoms with van der Waals surface area (Å²) in [6.45, 7) is 17.2. The lowest BCUT2D eigenvalue weighted by Crippen LogP contribution is -2.72. The van der Waals surface area contributed by atoms with E-state index in [1.807, 2.05) is 27.7 Å². The van der Waals surface area contributed by atoms with E-state index in [1.165, 1.54) is 14.2 Å². The number of aliphatic hydroxyl groups is 3. The van der Waals surface area contributed by atoms with Gasteiger partial charge in [-0.1, -0.05) is 34.6 Å². The number of carboxylic acid groups (broad SMARTS) is 1. The van der Waals surface area contributed by atoms with E-state index in [2.05, 4.69) is 13.8 Å². The van der Waals surface area contributed by atoms with E-state index in [1.54, 1.807) is 42.1 Å². The molecule has 382 valence electrons. The van der Waals surface area contributed by atoms with E-state index in [-0.39, 0.29) is 78.9 Å². The fraction of sp³-hybridized carbons (Fsp3) is 0.979. The molecule has 7 aliphatic rings. The Hall–Kier alpha value is -1.17. The van der Waals surface area contributed by atoms with Crippen molar-refractivity contribution in [1.82, 2.24) is 0 Å². The average molecular weight is 947 g/mol. The molecular weight excluding hydrogens is 865 g/mol. The second kappa shape index (κ2) is 19.8. The van der Waals surface area contributed by atoms with Crippen molar-refractivity contribution >= 4 is 5.97 Å². The smallest absolute Gasteiger partial charge is 0.338 e. The quantitative estimate of drug-likeness (QED) is 0.194. The minimum Gasteiger partial charge on any atom is -0.479 e. The molecule has 18 heteroatoms. The largest absolute Gasteiger partial charge is 0.479 e. The summed E-state index contributed by atoms with van der Waals surface area (Å²) in [5.41, 5.74) is -2.16. The summed E-state index contributed by atoms with van der Waals surface area (Å²) in [4.78, 5) is 12.1. The van der Waals surface area contributed by atoms with Gasteiger partial charge in [0.25, 0.3) is 0 Å². The molecule has 0 aliphatic carbocycles. The summed E-state index contributed by atoms with van der Waals surface area (Å²) in [5, 5.41) is 43.9. The minimum atomic E-state index is -2.50. The van der Waals surface area contributed by atoms with Crippen molar-refractivity contribution in [3.8, 4) is 0 Å². The van der Waals surface area contributed by atoms with Gasteiger partial charge in [0.15, 0.2) is 17.9 Å². The van der Waals surface area contributed by atoms with Gasteiger partial charge in [0.05, 0.1) is 79.4 Å². The van der Waals surface area contributed by atoms with Crippen molar-refractivity contribution in [1.29, 1.82) is 0 Å². The number of ether oxygens (including phenoxy) is 13. The Bertz CT molecular complexity index is 1660. The maximum absolute atomic E-state index is 12.1. The van der Waals surface area contributed by atoms with E-state index in [0.29, 0.717) is 19.3 Å². The summed E-state index contributed by atoms with van der Waals surface area (Å²) in [5.74, 6) is -8.80. The highest BCUT2D eigenvalue weighted by atomic mass is 16.7. The predicted octanol–water partition coefficient (Wildman–Crippen LogP) is 3.94. The maximum Gasteiger partial charge on any atom is 0.338 e. The van der Waals surface area contributed by atoms with Crippen LogP contribution in [0.1, 0.15) is 114 Å². The van der Waals surface area contributed by atoms with Crippen LogP contribution in [-0.2, 0) is 66.4 Å². The Morgan fingerprint density at radius 3 is 1.94 bits per heavy atom. The molecule has 66 heavy (non-hydrogen) atoms. The minimum absolute atomic E-state index is 0.0182. The fourth-order valence-electron chi connectivity index (χ4n) is 13.3. The third-order valence-corrected chi connectivity index (χ3v) is 17.6. The molecule has 0 aromatic carbocycles. The number of rotatable bonds is 14. The Labute approximate surface area is 391 Å². The van der Waals surface area contributed by atoms with Crippen molar-refractivity contribution < 1.29 is 86.8 Å². The summed E-state index contributed by atoms with van der Waals surface area (Å²) < 4.78 is 83.8. The lowest BCUT2D eigenvalue weighted by Gasteiger charge is -2.56. The van der Waals surface area contributed by atoms with Crippen LogP contribution >= 0.6 is 0 Å². The zero-order chi connectivity index (χ0) is 48.5. The first-order valence-electron chi connectivity index (χ1n) is 24.4. The summed E-state index contributed by atoms with van der Waals surface area (Å²) in [7, 11) is 7.98. The van der Waals surface area contributed by atoms with Crippen LogP contribution in [0, 0.1) is 29.6 Å². The van der Waals surface area contributed by atoms with Gasteiger partial charge in [-0.05, 0) is 59.8 Å². The van der Waals surface area contributed by atoms with Gasteiger partial charge in [0, 0.05) is 84.4 Å². The number of hydrogen-bond donors (Lipinski definition) is 4. The van der Waals surface area contributed by atoms with E-state index in [9.17, 15) is 25.2 Å². The molecule has 7 aliphatic heterocycles. The Balaban J connectivity index is 1.05. The average Bonchev–Trinajstić information content (AvgIpc) is 4.02. The molecule has 7 rings (SSSR count). The van der Waals surface area contributed by atoms with E-state index in [4.69, 9.17) is 61.6 Å². The zero-order valence-corrected chi connectivity index (χ0v) is 41.7. The van der Waals surface area contributed by atoms with Crippen LogP contribution in [-0.4, -0.2) is 182 Å². The van der Waals surface area contributed by atoms with Gasteiger partial charge in [0.1, 0.15) is 11.2 Å². The maximum atomic E-state index is 12.1. The normalized spacial score (nSPS) is 53.9. The Kier molecular flexibility index (Phi) is 15.8. The van der Waals surface area contributed by atoms with Gasteiger partial charge >= 0.3 is 5.97 Å². The summed E-state index contributed by atoms with van der Waals surface area (Å²) >= 11 is 0. The predicted molar refractivity (Wildman–Crippen MR) is 234 cm³/mol. The molecule has 0 aromatic heterocycles. The van der Waals surface area contributed by atoms with Crippen LogP contribution in [0.4, 0.5) is 0 Å². The second-order valence-corrected chi connectivity index (χ2v) is 21.2. The highest BCUT2D eigenvalue weighted by Crippen LogP contribution is 2.57. The molecule has 0 bridgehead atoms. The highest BCUT2D eigenvalue weighted by molar-refractivity contribution is 5.73.